The molecule has 1 saturated heterocycles. The van der Waals surface area contributed by atoms with Gasteiger partial charge in [0.05, 0.1) is 13.0 Å². The minimum Gasteiger partial charge on any atom is -0.465 e. The van der Waals surface area contributed by atoms with Crippen LogP contribution in [-0.4, -0.2) is 18.9 Å². The Hall–Kier alpha value is -0.860. The zero-order chi connectivity index (χ0) is 12.3. The highest BCUT2D eigenvalue weighted by atomic mass is 16.5. The Morgan fingerprint density at radius 2 is 2.18 bits per heavy atom. The van der Waals surface area contributed by atoms with E-state index in [9.17, 15) is 9.59 Å². The SMILES string of the molecule is CC1(C)C[C@H]2C[C@H](C=O)[C@@H]3COC(=O)C[C@]23C1. The van der Waals surface area contributed by atoms with Crippen LogP contribution in [0.4, 0.5) is 0 Å². The van der Waals surface area contributed by atoms with E-state index in [1.54, 1.807) is 0 Å². The molecule has 0 unspecified atom stereocenters. The van der Waals surface area contributed by atoms with E-state index < -0.39 is 0 Å². The third-order valence-electron chi connectivity index (χ3n) is 5.30. The Morgan fingerprint density at radius 1 is 1.41 bits per heavy atom. The van der Waals surface area contributed by atoms with Gasteiger partial charge in [0, 0.05) is 11.8 Å². The number of hydrogen-bond acceptors (Lipinski definition) is 3. The molecule has 3 fully saturated rings. The third kappa shape index (κ3) is 1.47. The highest BCUT2D eigenvalue weighted by Gasteiger charge is 2.63. The minimum atomic E-state index is -0.0597. The number of aldehydes is 1. The summed E-state index contributed by atoms with van der Waals surface area (Å²) >= 11 is 0. The van der Waals surface area contributed by atoms with Gasteiger partial charge in [-0.05, 0) is 36.0 Å². The summed E-state index contributed by atoms with van der Waals surface area (Å²) in [6, 6.07) is 0. The lowest BCUT2D eigenvalue weighted by Gasteiger charge is -2.40. The fourth-order valence-corrected chi connectivity index (χ4v) is 4.93. The van der Waals surface area contributed by atoms with Crippen LogP contribution in [0.1, 0.15) is 39.5 Å². The van der Waals surface area contributed by atoms with Crippen molar-refractivity contribution >= 4 is 12.3 Å². The summed E-state index contributed by atoms with van der Waals surface area (Å²) in [6.07, 6.45) is 4.83. The van der Waals surface area contributed by atoms with Crippen molar-refractivity contribution in [1.29, 1.82) is 0 Å². The molecule has 0 amide bonds. The predicted octanol–water partition coefficient (Wildman–Crippen LogP) is 2.19. The maximum atomic E-state index is 11.6. The topological polar surface area (TPSA) is 43.4 Å². The average molecular weight is 236 g/mol. The second kappa shape index (κ2) is 3.33. The number of rotatable bonds is 1. The lowest BCUT2D eigenvalue weighted by atomic mass is 9.67. The molecule has 4 atom stereocenters. The van der Waals surface area contributed by atoms with Crippen LogP contribution in [0.2, 0.25) is 0 Å². The molecule has 0 radical (unpaired) electrons. The van der Waals surface area contributed by atoms with Crippen LogP contribution in [-0.2, 0) is 14.3 Å². The van der Waals surface area contributed by atoms with E-state index in [2.05, 4.69) is 13.8 Å². The summed E-state index contributed by atoms with van der Waals surface area (Å²) in [5, 5.41) is 0. The second-order valence-electron chi connectivity index (χ2n) is 6.98. The molecule has 1 heterocycles. The molecular weight excluding hydrogens is 216 g/mol. The number of ether oxygens (including phenoxy) is 1. The number of carbonyl (C=O) groups excluding carboxylic acids is 2. The van der Waals surface area contributed by atoms with Crippen LogP contribution >= 0.6 is 0 Å². The summed E-state index contributed by atoms with van der Waals surface area (Å²) in [6.45, 7) is 5.04. The van der Waals surface area contributed by atoms with Gasteiger partial charge in [-0.3, -0.25) is 4.79 Å². The van der Waals surface area contributed by atoms with Crippen molar-refractivity contribution in [2.75, 3.05) is 6.61 Å². The zero-order valence-corrected chi connectivity index (χ0v) is 10.6. The molecule has 2 saturated carbocycles. The molecule has 1 spiro atoms. The maximum Gasteiger partial charge on any atom is 0.306 e. The summed E-state index contributed by atoms with van der Waals surface area (Å²) < 4.78 is 5.20. The van der Waals surface area contributed by atoms with Gasteiger partial charge < -0.3 is 9.53 Å². The van der Waals surface area contributed by atoms with Crippen molar-refractivity contribution in [1.82, 2.24) is 0 Å². The molecule has 0 N–H and O–H groups in total. The van der Waals surface area contributed by atoms with Gasteiger partial charge in [0.25, 0.3) is 0 Å². The van der Waals surface area contributed by atoms with Gasteiger partial charge in [0.2, 0.25) is 0 Å². The molecular formula is C14H20O3. The van der Waals surface area contributed by atoms with E-state index in [4.69, 9.17) is 4.74 Å². The number of esters is 1. The Balaban J connectivity index is 1.98. The van der Waals surface area contributed by atoms with Crippen molar-refractivity contribution in [3.05, 3.63) is 0 Å². The summed E-state index contributed by atoms with van der Waals surface area (Å²) in [7, 11) is 0. The average Bonchev–Trinajstić information content (AvgIpc) is 2.62. The van der Waals surface area contributed by atoms with Crippen LogP contribution in [0.25, 0.3) is 0 Å². The van der Waals surface area contributed by atoms with Crippen LogP contribution in [0.15, 0.2) is 0 Å². The molecule has 2 aliphatic carbocycles. The lowest BCUT2D eigenvalue weighted by Crippen LogP contribution is -2.42. The van der Waals surface area contributed by atoms with Crippen LogP contribution in [0.3, 0.4) is 0 Å². The van der Waals surface area contributed by atoms with Crippen LogP contribution in [0, 0.1) is 28.6 Å². The third-order valence-corrected chi connectivity index (χ3v) is 5.30. The first-order valence-electron chi connectivity index (χ1n) is 6.58. The molecule has 94 valence electrons. The smallest absolute Gasteiger partial charge is 0.306 e. The lowest BCUT2D eigenvalue weighted by molar-refractivity contribution is -0.161. The molecule has 1 aliphatic heterocycles. The van der Waals surface area contributed by atoms with Gasteiger partial charge in [-0.15, -0.1) is 0 Å². The van der Waals surface area contributed by atoms with Crippen molar-refractivity contribution in [2.45, 2.75) is 39.5 Å². The van der Waals surface area contributed by atoms with Gasteiger partial charge in [0.1, 0.15) is 6.29 Å². The monoisotopic (exact) mass is 236 g/mol. The molecule has 3 aliphatic rings. The van der Waals surface area contributed by atoms with Gasteiger partial charge in [-0.1, -0.05) is 13.8 Å². The molecule has 3 heteroatoms. The summed E-state index contributed by atoms with van der Waals surface area (Å²) in [5.41, 5.74) is 0.388. The highest BCUT2D eigenvalue weighted by molar-refractivity contribution is 5.72. The van der Waals surface area contributed by atoms with Gasteiger partial charge in [0.15, 0.2) is 0 Å². The Labute approximate surface area is 102 Å². The van der Waals surface area contributed by atoms with E-state index >= 15 is 0 Å². The summed E-state index contributed by atoms with van der Waals surface area (Å²) in [5.74, 6) is 0.884. The van der Waals surface area contributed by atoms with Crippen LogP contribution < -0.4 is 0 Å². The number of cyclic esters (lactones) is 1. The first-order valence-corrected chi connectivity index (χ1v) is 6.58. The maximum absolute atomic E-state index is 11.6. The van der Waals surface area contributed by atoms with E-state index in [1.165, 1.54) is 0 Å². The predicted molar refractivity (Wildman–Crippen MR) is 62.2 cm³/mol. The first-order chi connectivity index (χ1) is 7.97. The number of hydrogen-bond donors (Lipinski definition) is 0. The highest BCUT2D eigenvalue weighted by Crippen LogP contribution is 2.67. The molecule has 0 bridgehead atoms. The van der Waals surface area contributed by atoms with Crippen molar-refractivity contribution in [3.8, 4) is 0 Å². The Morgan fingerprint density at radius 3 is 2.88 bits per heavy atom. The van der Waals surface area contributed by atoms with Crippen molar-refractivity contribution < 1.29 is 14.3 Å². The first kappa shape index (κ1) is 11.2. The molecule has 0 aromatic rings. The van der Waals surface area contributed by atoms with Crippen LogP contribution in [0.5, 0.6) is 0 Å². The molecule has 3 rings (SSSR count). The quantitative estimate of drug-likeness (QED) is 0.518. The Kier molecular flexibility index (Phi) is 2.20. The standard InChI is InChI=1S/C14H20O3/c1-13(2)4-10-3-9(6-15)11-7-17-12(16)5-14(10,11)8-13/h6,9-11H,3-5,7-8H2,1-2H3/t9-,10-,11+,14+/m1/s1. The molecule has 17 heavy (non-hydrogen) atoms. The fourth-order valence-electron chi connectivity index (χ4n) is 4.93. The van der Waals surface area contributed by atoms with Gasteiger partial charge >= 0.3 is 5.97 Å². The minimum absolute atomic E-state index is 0.0597. The second-order valence-corrected chi connectivity index (χ2v) is 6.98. The molecule has 3 nitrogen and oxygen atoms in total. The zero-order valence-electron chi connectivity index (χ0n) is 10.6. The van der Waals surface area contributed by atoms with Crippen molar-refractivity contribution in [2.24, 2.45) is 28.6 Å². The largest absolute Gasteiger partial charge is 0.465 e. The van der Waals surface area contributed by atoms with Crippen molar-refractivity contribution in [3.63, 3.8) is 0 Å². The normalized spacial score (nSPS) is 47.2. The summed E-state index contributed by atoms with van der Waals surface area (Å²) in [4.78, 5) is 22.8. The van der Waals surface area contributed by atoms with E-state index in [0.717, 1.165) is 25.5 Å². The fraction of sp³-hybridized carbons (Fsp3) is 0.857. The number of carbonyl (C=O) groups is 2. The van der Waals surface area contributed by atoms with E-state index in [1.807, 2.05) is 0 Å². The van der Waals surface area contributed by atoms with Gasteiger partial charge in [-0.25, -0.2) is 0 Å². The Bertz CT molecular complexity index is 374. The van der Waals surface area contributed by atoms with E-state index in [0.29, 0.717) is 24.4 Å². The molecule has 0 aromatic carbocycles. The van der Waals surface area contributed by atoms with E-state index in [-0.39, 0.29) is 23.2 Å². The van der Waals surface area contributed by atoms with Gasteiger partial charge in [-0.2, -0.15) is 0 Å². The molecule has 0 aromatic heterocycles.